The van der Waals surface area contributed by atoms with Gasteiger partial charge in [0.1, 0.15) is 6.04 Å². The highest BCUT2D eigenvalue weighted by Crippen LogP contribution is 2.23. The fourth-order valence-electron chi connectivity index (χ4n) is 2.30. The van der Waals surface area contributed by atoms with Crippen LogP contribution in [0.1, 0.15) is 12.5 Å². The molecule has 1 atom stereocenters. The van der Waals surface area contributed by atoms with Gasteiger partial charge in [-0.05, 0) is 36.8 Å². The molecule has 0 fully saturated rings. The maximum atomic E-state index is 13.0. The third-order valence-electron chi connectivity index (χ3n) is 3.83. The number of non-ortho nitro benzene ring substituents is 1. The summed E-state index contributed by atoms with van der Waals surface area (Å²) in [6.07, 6.45) is 0. The summed E-state index contributed by atoms with van der Waals surface area (Å²) in [6.45, 7) is 1.07. The molecule has 0 aromatic heterocycles. The summed E-state index contributed by atoms with van der Waals surface area (Å²) < 4.78 is 26.9. The molecule has 0 saturated heterocycles. The summed E-state index contributed by atoms with van der Waals surface area (Å²) in [7, 11) is -4.13. The number of amides is 1. The van der Waals surface area contributed by atoms with Gasteiger partial charge < -0.3 is 0 Å². The Bertz CT molecular complexity index is 932. The van der Waals surface area contributed by atoms with Crippen molar-refractivity contribution in [3.63, 3.8) is 0 Å². The second-order valence-electron chi connectivity index (χ2n) is 5.58. The number of hydrogen-bond acceptors (Lipinski definition) is 6. The Morgan fingerprint density at radius 2 is 1.78 bits per heavy atom. The van der Waals surface area contributed by atoms with E-state index in [2.05, 4.69) is 0 Å². The average molecular weight is 414 g/mol. The molecule has 0 heterocycles. The zero-order valence-corrected chi connectivity index (χ0v) is 15.6. The lowest BCUT2D eigenvalue weighted by Gasteiger charge is -2.27. The molecule has 27 heavy (non-hydrogen) atoms. The Balaban J connectivity index is 2.43. The highest BCUT2D eigenvalue weighted by molar-refractivity contribution is 7.89. The van der Waals surface area contributed by atoms with E-state index in [4.69, 9.17) is 16.8 Å². The van der Waals surface area contributed by atoms with Gasteiger partial charge in [0.05, 0.1) is 9.82 Å². The first-order chi connectivity index (χ1) is 12.7. The van der Waals surface area contributed by atoms with Crippen molar-refractivity contribution in [3.05, 3.63) is 69.2 Å². The Hall–Kier alpha value is -2.53. The molecule has 0 aliphatic carbocycles. The van der Waals surface area contributed by atoms with Crippen LogP contribution in [0, 0.1) is 10.1 Å². The molecular formula is C16H16ClN3O6S. The number of nitrogens with zero attached hydrogens (tertiary/aromatic N) is 2. The summed E-state index contributed by atoms with van der Waals surface area (Å²) in [5.41, 5.74) is 1.71. The number of halogens is 1. The van der Waals surface area contributed by atoms with Crippen molar-refractivity contribution in [3.8, 4) is 0 Å². The van der Waals surface area contributed by atoms with E-state index in [-0.39, 0.29) is 17.1 Å². The zero-order valence-electron chi connectivity index (χ0n) is 14.1. The second kappa shape index (κ2) is 8.44. The van der Waals surface area contributed by atoms with Crippen molar-refractivity contribution in [2.45, 2.75) is 24.4 Å². The van der Waals surface area contributed by atoms with Crippen LogP contribution < -0.4 is 5.48 Å². The number of hydroxylamine groups is 1. The number of carbonyl (C=O) groups excluding carboxylic acids is 1. The third kappa shape index (κ3) is 4.80. The molecule has 2 aromatic carbocycles. The minimum absolute atomic E-state index is 0.0913. The Kier molecular flexibility index (Phi) is 6.50. The monoisotopic (exact) mass is 413 g/mol. The fraction of sp³-hybridized carbons (Fsp3) is 0.188. The number of nitro benzene ring substituents is 1. The molecule has 2 rings (SSSR count). The quantitative estimate of drug-likeness (QED) is 0.407. The van der Waals surface area contributed by atoms with Gasteiger partial charge in [-0.1, -0.05) is 23.7 Å². The summed E-state index contributed by atoms with van der Waals surface area (Å²) in [5.74, 6) is -0.922. The minimum atomic E-state index is -4.13. The van der Waals surface area contributed by atoms with Gasteiger partial charge in [-0.15, -0.1) is 0 Å². The van der Waals surface area contributed by atoms with Gasteiger partial charge in [0.15, 0.2) is 0 Å². The first-order valence-corrected chi connectivity index (χ1v) is 9.43. The van der Waals surface area contributed by atoms with Gasteiger partial charge >= 0.3 is 0 Å². The van der Waals surface area contributed by atoms with Gasteiger partial charge in [-0.2, -0.15) is 4.31 Å². The van der Waals surface area contributed by atoms with E-state index in [1.807, 2.05) is 0 Å². The van der Waals surface area contributed by atoms with E-state index in [0.717, 1.165) is 4.31 Å². The van der Waals surface area contributed by atoms with Crippen LogP contribution in [0.4, 0.5) is 5.69 Å². The van der Waals surface area contributed by atoms with Crippen molar-refractivity contribution < 1.29 is 23.3 Å². The van der Waals surface area contributed by atoms with Crippen LogP contribution in [0.5, 0.6) is 0 Å². The Morgan fingerprint density at radius 1 is 1.22 bits per heavy atom. The Labute approximate surface area is 160 Å². The number of sulfonamides is 1. The van der Waals surface area contributed by atoms with Crippen molar-refractivity contribution in [2.75, 3.05) is 0 Å². The van der Waals surface area contributed by atoms with E-state index in [9.17, 15) is 23.3 Å². The molecule has 0 saturated carbocycles. The van der Waals surface area contributed by atoms with Crippen LogP contribution in [0.25, 0.3) is 0 Å². The molecule has 0 aliphatic rings. The largest absolute Gasteiger partial charge is 0.289 e. The zero-order chi connectivity index (χ0) is 20.2. The number of rotatable bonds is 7. The van der Waals surface area contributed by atoms with Gasteiger partial charge in [0.2, 0.25) is 10.0 Å². The Morgan fingerprint density at radius 3 is 2.26 bits per heavy atom. The maximum absolute atomic E-state index is 13.0. The first-order valence-electron chi connectivity index (χ1n) is 7.61. The number of benzene rings is 2. The molecule has 0 spiro atoms. The van der Waals surface area contributed by atoms with E-state index >= 15 is 0 Å². The highest BCUT2D eigenvalue weighted by Gasteiger charge is 2.33. The summed E-state index contributed by atoms with van der Waals surface area (Å²) in [4.78, 5) is 21.9. The third-order valence-corrected chi connectivity index (χ3v) is 6.01. The normalized spacial score (nSPS) is 12.6. The number of carbonyl (C=O) groups is 1. The molecule has 2 N–H and O–H groups in total. The predicted molar refractivity (Wildman–Crippen MR) is 96.7 cm³/mol. The molecule has 0 bridgehead atoms. The maximum Gasteiger partial charge on any atom is 0.269 e. The number of nitrogens with one attached hydrogen (secondary N) is 1. The topological polar surface area (TPSA) is 130 Å². The molecule has 2 aromatic rings. The first kappa shape index (κ1) is 20.8. The highest BCUT2D eigenvalue weighted by atomic mass is 35.5. The fourth-order valence-corrected chi connectivity index (χ4v) is 4.01. The molecule has 0 aliphatic heterocycles. The molecule has 9 nitrogen and oxygen atoms in total. The summed E-state index contributed by atoms with van der Waals surface area (Å²) in [6, 6.07) is 9.40. The van der Waals surface area contributed by atoms with Gasteiger partial charge in [0, 0.05) is 23.7 Å². The standard InChI is InChI=1S/C16H16ClN3O6S/c1-11(16(21)18-22)19(10-12-2-6-14(7-3-12)20(23)24)27(25,26)15-8-4-13(17)5-9-15/h2-9,11,22H,10H2,1H3,(H,18,21)/t11-/m0/s1. The molecule has 11 heteroatoms. The van der Waals surface area contributed by atoms with E-state index < -0.39 is 26.9 Å². The summed E-state index contributed by atoms with van der Waals surface area (Å²) in [5, 5.41) is 20.0. The second-order valence-corrected chi connectivity index (χ2v) is 7.91. The van der Waals surface area contributed by atoms with Crippen molar-refractivity contribution in [1.82, 2.24) is 9.79 Å². The molecule has 1 amide bonds. The van der Waals surface area contributed by atoms with Crippen LogP contribution in [-0.4, -0.2) is 34.8 Å². The predicted octanol–water partition coefficient (Wildman–Crippen LogP) is 2.33. The molecule has 0 unspecified atom stereocenters. The molecular weight excluding hydrogens is 398 g/mol. The molecule has 144 valence electrons. The van der Waals surface area contributed by atoms with Crippen LogP contribution in [-0.2, 0) is 21.4 Å². The number of hydrogen-bond donors (Lipinski definition) is 2. The lowest BCUT2D eigenvalue weighted by atomic mass is 10.2. The van der Waals surface area contributed by atoms with Crippen molar-refractivity contribution in [1.29, 1.82) is 0 Å². The van der Waals surface area contributed by atoms with Crippen LogP contribution >= 0.6 is 11.6 Å². The summed E-state index contributed by atoms with van der Waals surface area (Å²) >= 11 is 5.79. The number of nitro groups is 1. The van der Waals surface area contributed by atoms with Gasteiger partial charge in [-0.25, -0.2) is 13.9 Å². The lowest BCUT2D eigenvalue weighted by molar-refractivity contribution is -0.384. The van der Waals surface area contributed by atoms with Crippen LogP contribution in [0.3, 0.4) is 0 Å². The average Bonchev–Trinajstić information content (AvgIpc) is 2.65. The SMILES string of the molecule is C[C@@H](C(=O)NO)N(Cc1ccc([N+](=O)[O-])cc1)S(=O)(=O)c1ccc(Cl)cc1. The van der Waals surface area contributed by atoms with Crippen LogP contribution in [0.2, 0.25) is 5.02 Å². The van der Waals surface area contributed by atoms with E-state index in [1.54, 1.807) is 0 Å². The lowest BCUT2D eigenvalue weighted by Crippen LogP contribution is -2.46. The van der Waals surface area contributed by atoms with Crippen molar-refractivity contribution >= 4 is 33.2 Å². The van der Waals surface area contributed by atoms with Gasteiger partial charge in [-0.3, -0.25) is 20.1 Å². The molecule has 0 radical (unpaired) electrons. The smallest absolute Gasteiger partial charge is 0.269 e. The minimum Gasteiger partial charge on any atom is -0.289 e. The van der Waals surface area contributed by atoms with E-state index in [1.165, 1.54) is 60.9 Å². The van der Waals surface area contributed by atoms with Crippen molar-refractivity contribution in [2.24, 2.45) is 0 Å². The van der Waals surface area contributed by atoms with Crippen LogP contribution in [0.15, 0.2) is 53.4 Å². The van der Waals surface area contributed by atoms with Gasteiger partial charge in [0.25, 0.3) is 11.6 Å². The van der Waals surface area contributed by atoms with E-state index in [0.29, 0.717) is 10.6 Å².